The maximum atomic E-state index is 14.5. The van der Waals surface area contributed by atoms with Crippen molar-refractivity contribution in [3.63, 3.8) is 0 Å². The second-order valence-corrected chi connectivity index (χ2v) is 11.5. The summed E-state index contributed by atoms with van der Waals surface area (Å²) < 4.78 is 40.1. The second kappa shape index (κ2) is 9.80. The Morgan fingerprint density at radius 2 is 1.78 bits per heavy atom. The van der Waals surface area contributed by atoms with Gasteiger partial charge in [-0.05, 0) is 82.1 Å². The zero-order valence-electron chi connectivity index (χ0n) is 20.9. The SMILES string of the molecule is CC1(OC(=O)N2CCC3(CC2)CC(CCCOc2cc(F)c(C(=O)N4CC[C@H](O)C4)cc2F)C3)CC1. The first-order valence-corrected chi connectivity index (χ1v) is 13.2. The quantitative estimate of drug-likeness (QED) is 0.551. The van der Waals surface area contributed by atoms with E-state index in [0.29, 0.717) is 24.3 Å². The van der Waals surface area contributed by atoms with Crippen molar-refractivity contribution in [1.82, 2.24) is 9.80 Å². The van der Waals surface area contributed by atoms with Crippen molar-refractivity contribution in [2.24, 2.45) is 11.3 Å². The Kier molecular flexibility index (Phi) is 6.87. The molecule has 4 aliphatic rings. The lowest BCUT2D eigenvalue weighted by Crippen LogP contribution is -2.49. The summed E-state index contributed by atoms with van der Waals surface area (Å²) in [6.45, 7) is 4.24. The third-order valence-corrected chi connectivity index (χ3v) is 8.53. The summed E-state index contributed by atoms with van der Waals surface area (Å²) in [5.41, 5.74) is -0.244. The maximum absolute atomic E-state index is 14.5. The molecule has 0 bridgehead atoms. The standard InChI is InChI=1S/C27H36F2N2O5/c1-26(5-6-26)36-25(34)30-10-7-27(8-11-30)15-18(16-27)3-2-12-35-23-14-21(28)20(13-22(23)29)24(33)31-9-4-19(32)17-31/h13-14,18-19,32H,2-12,15-17H2,1H3/t19-/m0/s1. The molecule has 1 atom stereocenters. The van der Waals surface area contributed by atoms with E-state index in [4.69, 9.17) is 9.47 Å². The number of aliphatic hydroxyl groups is 1. The summed E-state index contributed by atoms with van der Waals surface area (Å²) in [6, 6.07) is 1.83. The molecule has 2 saturated heterocycles. The summed E-state index contributed by atoms with van der Waals surface area (Å²) in [7, 11) is 0. The van der Waals surface area contributed by atoms with E-state index in [0.717, 1.165) is 76.6 Å². The van der Waals surface area contributed by atoms with Gasteiger partial charge in [-0.15, -0.1) is 0 Å². The molecule has 1 N–H and O–H groups in total. The predicted octanol–water partition coefficient (Wildman–Crippen LogP) is 4.51. The number of β-amino-alcohol motifs (C(OH)–C–C–N with tert-alkyl or cyclic N) is 1. The van der Waals surface area contributed by atoms with Crippen LogP contribution in [-0.4, -0.2) is 71.4 Å². The average Bonchev–Trinajstić information content (AvgIpc) is 3.38. The molecule has 0 unspecified atom stereocenters. The van der Waals surface area contributed by atoms with Crippen molar-refractivity contribution >= 4 is 12.0 Å². The predicted molar refractivity (Wildman–Crippen MR) is 128 cm³/mol. The monoisotopic (exact) mass is 506 g/mol. The fourth-order valence-corrected chi connectivity index (χ4v) is 5.95. The molecule has 2 aliphatic carbocycles. The molecule has 2 heterocycles. The molecule has 2 aliphatic heterocycles. The fraction of sp³-hybridized carbons (Fsp3) is 0.704. The number of ether oxygens (including phenoxy) is 2. The molecule has 1 spiro atoms. The number of hydrogen-bond donors (Lipinski definition) is 1. The molecule has 4 fully saturated rings. The van der Waals surface area contributed by atoms with E-state index in [-0.39, 0.29) is 36.2 Å². The Labute approximate surface area is 210 Å². The van der Waals surface area contributed by atoms with E-state index >= 15 is 0 Å². The summed E-state index contributed by atoms with van der Waals surface area (Å²) >= 11 is 0. The van der Waals surface area contributed by atoms with Crippen molar-refractivity contribution in [3.8, 4) is 5.75 Å². The van der Waals surface area contributed by atoms with E-state index < -0.39 is 23.6 Å². The summed E-state index contributed by atoms with van der Waals surface area (Å²) in [4.78, 5) is 27.9. The molecule has 9 heteroatoms. The van der Waals surface area contributed by atoms with Gasteiger partial charge in [0.05, 0.1) is 18.3 Å². The smallest absolute Gasteiger partial charge is 0.410 e. The molecule has 1 aromatic rings. The average molecular weight is 507 g/mol. The Morgan fingerprint density at radius 1 is 1.06 bits per heavy atom. The Balaban J connectivity index is 1.01. The molecule has 2 saturated carbocycles. The Morgan fingerprint density at radius 3 is 2.42 bits per heavy atom. The van der Waals surface area contributed by atoms with Gasteiger partial charge < -0.3 is 24.4 Å². The molecule has 0 aromatic heterocycles. The zero-order valence-corrected chi connectivity index (χ0v) is 20.9. The number of rotatable bonds is 7. The number of benzene rings is 1. The van der Waals surface area contributed by atoms with Gasteiger partial charge in [0.25, 0.3) is 5.91 Å². The van der Waals surface area contributed by atoms with Crippen LogP contribution in [0.4, 0.5) is 13.6 Å². The van der Waals surface area contributed by atoms with E-state index in [9.17, 15) is 23.5 Å². The van der Waals surface area contributed by atoms with E-state index in [2.05, 4.69) is 0 Å². The minimum Gasteiger partial charge on any atom is -0.490 e. The van der Waals surface area contributed by atoms with Crippen LogP contribution in [0.3, 0.4) is 0 Å². The van der Waals surface area contributed by atoms with Crippen LogP contribution >= 0.6 is 0 Å². The molecule has 0 radical (unpaired) electrons. The highest BCUT2D eigenvalue weighted by Crippen LogP contribution is 2.54. The van der Waals surface area contributed by atoms with Crippen molar-refractivity contribution < 1.29 is 33.0 Å². The molecule has 2 amide bonds. The first kappa shape index (κ1) is 25.2. The van der Waals surface area contributed by atoms with Crippen LogP contribution in [0.25, 0.3) is 0 Å². The Bertz CT molecular complexity index is 998. The van der Waals surface area contributed by atoms with Crippen LogP contribution in [0.5, 0.6) is 5.75 Å². The second-order valence-electron chi connectivity index (χ2n) is 11.5. The lowest BCUT2D eigenvalue weighted by Gasteiger charge is -2.52. The summed E-state index contributed by atoms with van der Waals surface area (Å²) in [5, 5.41) is 9.58. The van der Waals surface area contributed by atoms with Gasteiger partial charge in [-0.2, -0.15) is 0 Å². The highest BCUT2D eigenvalue weighted by atomic mass is 19.1. The highest BCUT2D eigenvalue weighted by Gasteiger charge is 2.47. The van der Waals surface area contributed by atoms with Crippen LogP contribution in [0, 0.1) is 23.0 Å². The summed E-state index contributed by atoms with van der Waals surface area (Å²) in [6.07, 6.45) is 7.56. The van der Waals surface area contributed by atoms with Crippen LogP contribution in [-0.2, 0) is 4.74 Å². The number of piperidine rings is 1. The van der Waals surface area contributed by atoms with Gasteiger partial charge in [-0.25, -0.2) is 13.6 Å². The lowest BCUT2D eigenvalue weighted by molar-refractivity contribution is -0.0231. The minimum atomic E-state index is -0.819. The van der Waals surface area contributed by atoms with Gasteiger partial charge in [0.15, 0.2) is 11.6 Å². The van der Waals surface area contributed by atoms with E-state index in [1.54, 1.807) is 0 Å². The largest absolute Gasteiger partial charge is 0.490 e. The van der Waals surface area contributed by atoms with E-state index in [1.807, 2.05) is 11.8 Å². The van der Waals surface area contributed by atoms with Gasteiger partial charge in [0.1, 0.15) is 11.4 Å². The molecule has 198 valence electrons. The van der Waals surface area contributed by atoms with Crippen molar-refractivity contribution in [3.05, 3.63) is 29.3 Å². The number of likely N-dealkylation sites (tertiary alicyclic amines) is 2. The maximum Gasteiger partial charge on any atom is 0.410 e. The minimum absolute atomic E-state index is 0.130. The molecular weight excluding hydrogens is 470 g/mol. The Hall–Kier alpha value is -2.42. The van der Waals surface area contributed by atoms with Gasteiger partial charge in [0, 0.05) is 32.2 Å². The number of halogens is 2. The molecule has 5 rings (SSSR count). The molecule has 1 aromatic carbocycles. The van der Waals surface area contributed by atoms with Gasteiger partial charge in [-0.3, -0.25) is 4.79 Å². The molecule has 7 nitrogen and oxygen atoms in total. The number of carbonyl (C=O) groups excluding carboxylic acids is 2. The number of nitrogens with zero attached hydrogens (tertiary/aromatic N) is 2. The normalized spacial score (nSPS) is 24.5. The van der Waals surface area contributed by atoms with Gasteiger partial charge in [-0.1, -0.05) is 0 Å². The van der Waals surface area contributed by atoms with Crippen LogP contribution in [0.1, 0.15) is 75.1 Å². The van der Waals surface area contributed by atoms with Crippen molar-refractivity contribution in [2.45, 2.75) is 76.4 Å². The fourth-order valence-electron chi connectivity index (χ4n) is 5.95. The van der Waals surface area contributed by atoms with Crippen molar-refractivity contribution in [1.29, 1.82) is 0 Å². The summed E-state index contributed by atoms with van der Waals surface area (Å²) in [5.74, 6) is -1.79. The lowest BCUT2D eigenvalue weighted by atomic mass is 9.56. The highest BCUT2D eigenvalue weighted by molar-refractivity contribution is 5.94. The first-order chi connectivity index (χ1) is 17.2. The third kappa shape index (κ3) is 5.45. The topological polar surface area (TPSA) is 79.3 Å². The molecular formula is C27H36F2N2O5. The number of carbonyl (C=O) groups is 2. The first-order valence-electron chi connectivity index (χ1n) is 13.2. The van der Waals surface area contributed by atoms with Crippen LogP contribution < -0.4 is 4.74 Å². The number of aliphatic hydroxyl groups excluding tert-OH is 1. The van der Waals surface area contributed by atoms with Crippen LogP contribution in [0.2, 0.25) is 0 Å². The molecule has 36 heavy (non-hydrogen) atoms. The zero-order chi connectivity index (χ0) is 25.5. The third-order valence-electron chi connectivity index (χ3n) is 8.53. The number of amides is 2. The van der Waals surface area contributed by atoms with Crippen molar-refractivity contribution in [2.75, 3.05) is 32.8 Å². The number of hydrogen-bond acceptors (Lipinski definition) is 5. The van der Waals surface area contributed by atoms with Crippen LogP contribution in [0.15, 0.2) is 12.1 Å². The van der Waals surface area contributed by atoms with E-state index in [1.165, 1.54) is 4.90 Å². The van der Waals surface area contributed by atoms with Gasteiger partial charge >= 0.3 is 6.09 Å². The van der Waals surface area contributed by atoms with Gasteiger partial charge in [0.2, 0.25) is 0 Å².